The van der Waals surface area contributed by atoms with Gasteiger partial charge >= 0.3 is 0 Å². The van der Waals surface area contributed by atoms with Gasteiger partial charge in [0.2, 0.25) is 0 Å². The summed E-state index contributed by atoms with van der Waals surface area (Å²) in [5.74, 6) is -0.560. The van der Waals surface area contributed by atoms with Crippen molar-refractivity contribution in [3.63, 3.8) is 0 Å². The van der Waals surface area contributed by atoms with Crippen LogP contribution in [0.4, 0.5) is 0 Å². The summed E-state index contributed by atoms with van der Waals surface area (Å²) in [5, 5.41) is 8.74. The van der Waals surface area contributed by atoms with E-state index >= 15 is 0 Å². The summed E-state index contributed by atoms with van der Waals surface area (Å²) in [6, 6.07) is 0. The van der Waals surface area contributed by atoms with Gasteiger partial charge in [-0.2, -0.15) is 0 Å². The first kappa shape index (κ1) is 11.5. The first-order chi connectivity index (χ1) is 7.11. The van der Waals surface area contributed by atoms with Crippen molar-refractivity contribution in [3.8, 4) is 0 Å². The molecule has 5 heteroatoms. The van der Waals surface area contributed by atoms with E-state index in [0.29, 0.717) is 13.0 Å². The van der Waals surface area contributed by atoms with Crippen molar-refractivity contribution in [1.29, 1.82) is 0 Å². The molecule has 0 aromatic heterocycles. The third kappa shape index (κ3) is 3.55. The van der Waals surface area contributed by atoms with Crippen molar-refractivity contribution < 1.29 is 19.4 Å². The van der Waals surface area contributed by atoms with Gasteiger partial charge in [0.1, 0.15) is 0 Å². The van der Waals surface area contributed by atoms with Gasteiger partial charge in [0.25, 0.3) is 11.8 Å². The molecule has 2 amide bonds. The Morgan fingerprint density at radius 3 is 2.47 bits per heavy atom. The number of aliphatic hydroxyl groups excluding tert-OH is 1. The van der Waals surface area contributed by atoms with Gasteiger partial charge in [-0.3, -0.25) is 14.5 Å². The molecule has 0 aromatic carbocycles. The predicted octanol–water partition coefficient (Wildman–Crippen LogP) is 0.390. The largest absolute Gasteiger partial charge is 0.513 e. The summed E-state index contributed by atoms with van der Waals surface area (Å²) >= 11 is 0. The molecule has 1 heterocycles. The molecule has 0 atom stereocenters. The van der Waals surface area contributed by atoms with Crippen molar-refractivity contribution in [2.24, 2.45) is 0 Å². The van der Waals surface area contributed by atoms with Gasteiger partial charge in [-0.1, -0.05) is 6.58 Å². The van der Waals surface area contributed by atoms with E-state index in [1.165, 1.54) is 12.2 Å². The highest BCUT2D eigenvalue weighted by molar-refractivity contribution is 6.12. The van der Waals surface area contributed by atoms with Crippen LogP contribution in [0.5, 0.6) is 0 Å². The molecule has 0 bridgehead atoms. The Morgan fingerprint density at radius 1 is 1.33 bits per heavy atom. The number of imide groups is 1. The number of ether oxygens (including phenoxy) is 1. The van der Waals surface area contributed by atoms with E-state index in [0.717, 1.165) is 4.90 Å². The monoisotopic (exact) mass is 211 g/mol. The number of nitrogens with zero attached hydrogens (tertiary/aromatic N) is 1. The maximum absolute atomic E-state index is 11.1. The molecular weight excluding hydrogens is 198 g/mol. The van der Waals surface area contributed by atoms with E-state index < -0.39 is 0 Å². The van der Waals surface area contributed by atoms with E-state index in [9.17, 15) is 9.59 Å². The Morgan fingerprint density at radius 2 is 1.93 bits per heavy atom. The molecule has 0 saturated carbocycles. The van der Waals surface area contributed by atoms with Gasteiger partial charge in [0.05, 0.1) is 25.5 Å². The fourth-order valence-electron chi connectivity index (χ4n) is 1.10. The fraction of sp³-hybridized carbons (Fsp3) is 0.400. The Balaban J connectivity index is 2.13. The molecule has 0 fully saturated rings. The highest BCUT2D eigenvalue weighted by Crippen LogP contribution is 2.02. The van der Waals surface area contributed by atoms with Gasteiger partial charge in [0.15, 0.2) is 0 Å². The first-order valence-electron chi connectivity index (χ1n) is 4.59. The zero-order valence-electron chi connectivity index (χ0n) is 8.31. The highest BCUT2D eigenvalue weighted by Gasteiger charge is 2.22. The van der Waals surface area contributed by atoms with E-state index in [2.05, 4.69) is 6.58 Å². The molecule has 5 nitrogen and oxygen atoms in total. The predicted molar refractivity (Wildman–Crippen MR) is 53.1 cm³/mol. The molecular formula is C10H13NO4. The van der Waals surface area contributed by atoms with E-state index in [1.807, 2.05) is 0 Å². The van der Waals surface area contributed by atoms with Crippen LogP contribution in [0.15, 0.2) is 24.5 Å². The Bertz CT molecular complexity index is 291. The molecule has 0 radical (unpaired) electrons. The number of carbonyl (C=O) groups excluding carboxylic acids is 2. The van der Waals surface area contributed by atoms with Crippen LogP contribution >= 0.6 is 0 Å². The van der Waals surface area contributed by atoms with Crippen LogP contribution in [-0.2, 0) is 14.3 Å². The summed E-state index contributed by atoms with van der Waals surface area (Å²) in [4.78, 5) is 23.2. The topological polar surface area (TPSA) is 66.8 Å². The minimum atomic E-state index is -0.310. The fourth-order valence-corrected chi connectivity index (χ4v) is 1.10. The second-order valence-electron chi connectivity index (χ2n) is 3.09. The molecule has 0 spiro atoms. The SMILES string of the molecule is C=C(O)CCOCCN1C(=O)C=CC1=O. The van der Waals surface area contributed by atoms with Crippen molar-refractivity contribution in [3.05, 3.63) is 24.5 Å². The maximum Gasteiger partial charge on any atom is 0.253 e. The van der Waals surface area contributed by atoms with E-state index in [4.69, 9.17) is 9.84 Å². The number of carbonyl (C=O) groups is 2. The van der Waals surface area contributed by atoms with Crippen molar-refractivity contribution >= 4 is 11.8 Å². The number of hydrogen-bond acceptors (Lipinski definition) is 4. The highest BCUT2D eigenvalue weighted by atomic mass is 16.5. The standard InChI is InChI=1S/C10H13NO4/c1-8(12)4-6-15-7-5-11-9(13)2-3-10(11)14/h2-3,12H,1,4-7H2. The second kappa shape index (κ2) is 5.31. The number of rotatable bonds is 6. The molecule has 1 N–H and O–H groups in total. The number of amides is 2. The molecule has 0 saturated heterocycles. The summed E-state index contributed by atoms with van der Waals surface area (Å²) in [5.41, 5.74) is 0. The number of hydrogen-bond donors (Lipinski definition) is 1. The lowest BCUT2D eigenvalue weighted by Gasteiger charge is -2.13. The van der Waals surface area contributed by atoms with Crippen LogP contribution in [0.2, 0.25) is 0 Å². The lowest BCUT2D eigenvalue weighted by molar-refractivity contribution is -0.137. The van der Waals surface area contributed by atoms with Gasteiger partial charge in [-0.25, -0.2) is 0 Å². The molecule has 0 aromatic rings. The van der Waals surface area contributed by atoms with Gasteiger partial charge in [-0.05, 0) is 0 Å². The van der Waals surface area contributed by atoms with Gasteiger partial charge in [-0.15, -0.1) is 0 Å². The molecule has 1 rings (SSSR count). The van der Waals surface area contributed by atoms with Crippen LogP contribution in [-0.4, -0.2) is 41.6 Å². The molecule has 1 aliphatic heterocycles. The number of aliphatic hydroxyl groups is 1. The van der Waals surface area contributed by atoms with Crippen LogP contribution in [0.1, 0.15) is 6.42 Å². The smallest absolute Gasteiger partial charge is 0.253 e. The second-order valence-corrected chi connectivity index (χ2v) is 3.09. The maximum atomic E-state index is 11.1. The lowest BCUT2D eigenvalue weighted by atomic mass is 10.4. The Kier molecular flexibility index (Phi) is 4.05. The summed E-state index contributed by atoms with van der Waals surface area (Å²) in [7, 11) is 0. The molecule has 82 valence electrons. The summed E-state index contributed by atoms with van der Waals surface area (Å²) < 4.78 is 5.11. The average molecular weight is 211 g/mol. The van der Waals surface area contributed by atoms with Crippen LogP contribution in [0.25, 0.3) is 0 Å². The minimum Gasteiger partial charge on any atom is -0.513 e. The quantitative estimate of drug-likeness (QED) is 0.392. The van der Waals surface area contributed by atoms with Gasteiger partial charge < -0.3 is 9.84 Å². The van der Waals surface area contributed by atoms with Crippen molar-refractivity contribution in [2.75, 3.05) is 19.8 Å². The van der Waals surface area contributed by atoms with Crippen molar-refractivity contribution in [1.82, 2.24) is 4.90 Å². The normalized spacial score (nSPS) is 15.1. The van der Waals surface area contributed by atoms with Crippen LogP contribution < -0.4 is 0 Å². The molecule has 0 unspecified atom stereocenters. The molecule has 15 heavy (non-hydrogen) atoms. The van der Waals surface area contributed by atoms with Crippen molar-refractivity contribution in [2.45, 2.75) is 6.42 Å². The summed E-state index contributed by atoms with van der Waals surface area (Å²) in [6.45, 7) is 4.14. The Labute approximate surface area is 87.6 Å². The summed E-state index contributed by atoms with van der Waals surface area (Å²) in [6.07, 6.45) is 2.83. The lowest BCUT2D eigenvalue weighted by Crippen LogP contribution is -2.33. The average Bonchev–Trinajstić information content (AvgIpc) is 2.47. The molecule has 0 aliphatic carbocycles. The van der Waals surface area contributed by atoms with Crippen LogP contribution in [0.3, 0.4) is 0 Å². The van der Waals surface area contributed by atoms with Gasteiger partial charge in [0, 0.05) is 18.6 Å². The Hall–Kier alpha value is -1.62. The third-order valence-electron chi connectivity index (χ3n) is 1.89. The van der Waals surface area contributed by atoms with E-state index in [1.54, 1.807) is 0 Å². The zero-order valence-corrected chi connectivity index (χ0v) is 8.31. The minimum absolute atomic E-state index is 0.0602. The molecule has 1 aliphatic rings. The zero-order chi connectivity index (χ0) is 11.3. The third-order valence-corrected chi connectivity index (χ3v) is 1.89. The van der Waals surface area contributed by atoms with E-state index in [-0.39, 0.29) is 30.7 Å². The first-order valence-corrected chi connectivity index (χ1v) is 4.59. The van der Waals surface area contributed by atoms with Crippen LogP contribution in [0, 0.1) is 0 Å².